The molecule has 0 saturated heterocycles. The number of ether oxygens (including phenoxy) is 1. The van der Waals surface area contributed by atoms with E-state index >= 15 is 0 Å². The highest BCUT2D eigenvalue weighted by Crippen LogP contribution is 2.38. The number of pyridine rings is 1. The van der Waals surface area contributed by atoms with Crippen molar-refractivity contribution >= 4 is 6.29 Å². The molecule has 0 radical (unpaired) electrons. The Balaban J connectivity index is 2.25. The molecule has 1 heterocycles. The maximum Gasteiger partial charge on any atom is 0.217 e. The summed E-state index contributed by atoms with van der Waals surface area (Å²) in [7, 11) is 0. The minimum atomic E-state index is 0.0934. The van der Waals surface area contributed by atoms with Crippen LogP contribution in [0.4, 0.5) is 0 Å². The van der Waals surface area contributed by atoms with Crippen LogP contribution in [0.15, 0.2) is 12.3 Å². The van der Waals surface area contributed by atoms with E-state index in [1.54, 1.807) is 6.20 Å². The summed E-state index contributed by atoms with van der Waals surface area (Å²) < 4.78 is 5.44. The predicted molar refractivity (Wildman–Crippen MR) is 66.4 cm³/mol. The molecule has 3 nitrogen and oxygen atoms in total. The first-order valence-corrected chi connectivity index (χ1v) is 6.35. The van der Waals surface area contributed by atoms with E-state index < -0.39 is 0 Å². The van der Waals surface area contributed by atoms with E-state index in [2.05, 4.69) is 11.9 Å². The van der Waals surface area contributed by atoms with E-state index in [1.807, 2.05) is 6.07 Å². The molecule has 1 aliphatic carbocycles. The Bertz CT molecular complexity index is 384. The van der Waals surface area contributed by atoms with Gasteiger partial charge in [-0.2, -0.15) is 0 Å². The molecule has 0 aromatic carbocycles. The van der Waals surface area contributed by atoms with Crippen LogP contribution >= 0.6 is 0 Å². The first kappa shape index (κ1) is 12.1. The van der Waals surface area contributed by atoms with Gasteiger partial charge in [-0.1, -0.05) is 19.3 Å². The molecule has 2 rings (SSSR count). The summed E-state index contributed by atoms with van der Waals surface area (Å²) in [5, 5.41) is 0. The number of carbonyl (C=O) groups is 1. The summed E-state index contributed by atoms with van der Waals surface area (Å²) >= 11 is 0. The second-order valence-corrected chi connectivity index (χ2v) is 4.66. The molecule has 0 N–H and O–H groups in total. The van der Waals surface area contributed by atoms with Crippen molar-refractivity contribution in [1.29, 1.82) is 0 Å². The van der Waals surface area contributed by atoms with Crippen LogP contribution in [0.25, 0.3) is 0 Å². The number of rotatable bonds is 4. The van der Waals surface area contributed by atoms with Gasteiger partial charge in [-0.15, -0.1) is 0 Å². The van der Waals surface area contributed by atoms with Crippen LogP contribution in [0.3, 0.4) is 0 Å². The van der Waals surface area contributed by atoms with E-state index in [9.17, 15) is 4.79 Å². The van der Waals surface area contributed by atoms with Gasteiger partial charge in [-0.3, -0.25) is 4.79 Å². The Hall–Kier alpha value is -1.38. The Labute approximate surface area is 102 Å². The molecule has 1 aliphatic rings. The zero-order valence-corrected chi connectivity index (χ0v) is 10.3. The van der Waals surface area contributed by atoms with E-state index in [4.69, 9.17) is 4.74 Å². The number of aldehydes is 1. The monoisotopic (exact) mass is 233 g/mol. The summed E-state index contributed by atoms with van der Waals surface area (Å²) in [5.74, 6) is 1.21. The highest BCUT2D eigenvalue weighted by molar-refractivity contribution is 5.51. The second-order valence-electron chi connectivity index (χ2n) is 4.66. The van der Waals surface area contributed by atoms with Crippen LogP contribution in [0.2, 0.25) is 0 Å². The highest BCUT2D eigenvalue weighted by atomic mass is 16.5. The van der Waals surface area contributed by atoms with Crippen LogP contribution in [0, 0.1) is 6.92 Å². The number of aryl methyl sites for hydroxylation is 1. The molecule has 17 heavy (non-hydrogen) atoms. The minimum absolute atomic E-state index is 0.0934. The lowest BCUT2D eigenvalue weighted by molar-refractivity contribution is -0.109. The molecule has 0 bridgehead atoms. The average Bonchev–Trinajstić information content (AvgIpc) is 2.37. The Morgan fingerprint density at radius 2 is 2.18 bits per heavy atom. The predicted octanol–water partition coefficient (Wildman–Crippen LogP) is 3.02. The van der Waals surface area contributed by atoms with Crippen molar-refractivity contribution in [3.63, 3.8) is 0 Å². The number of hydrogen-bond donors (Lipinski definition) is 0. The van der Waals surface area contributed by atoms with Crippen LogP contribution in [-0.2, 0) is 4.79 Å². The van der Waals surface area contributed by atoms with Crippen molar-refractivity contribution < 1.29 is 9.53 Å². The van der Waals surface area contributed by atoms with Gasteiger partial charge in [0, 0.05) is 11.8 Å². The molecular formula is C14H19NO2. The van der Waals surface area contributed by atoms with Crippen LogP contribution in [0.5, 0.6) is 5.88 Å². The van der Waals surface area contributed by atoms with Crippen molar-refractivity contribution in [3.8, 4) is 5.88 Å². The third kappa shape index (κ3) is 2.84. The second kappa shape index (κ2) is 5.80. The minimum Gasteiger partial charge on any atom is -0.470 e. The van der Waals surface area contributed by atoms with Crippen molar-refractivity contribution in [3.05, 3.63) is 23.4 Å². The zero-order valence-electron chi connectivity index (χ0n) is 10.3. The summed E-state index contributed by atoms with van der Waals surface area (Å²) in [6.45, 7) is 2.19. The van der Waals surface area contributed by atoms with Gasteiger partial charge in [0.1, 0.15) is 6.61 Å². The van der Waals surface area contributed by atoms with Crippen LogP contribution in [-0.4, -0.2) is 17.9 Å². The van der Waals surface area contributed by atoms with E-state index in [0.29, 0.717) is 11.8 Å². The molecule has 0 unspecified atom stereocenters. The topological polar surface area (TPSA) is 39.2 Å². The zero-order chi connectivity index (χ0) is 12.1. The van der Waals surface area contributed by atoms with Crippen LogP contribution < -0.4 is 4.74 Å². The fourth-order valence-electron chi connectivity index (χ4n) is 2.66. The SMILES string of the molecule is Cc1ccnc(OCC=O)c1C1CCCCC1. The maximum atomic E-state index is 10.4. The number of nitrogens with zero attached hydrogens (tertiary/aromatic N) is 1. The molecule has 1 fully saturated rings. The van der Waals surface area contributed by atoms with E-state index in [0.717, 1.165) is 6.29 Å². The first-order chi connectivity index (χ1) is 8.33. The quantitative estimate of drug-likeness (QED) is 0.750. The lowest BCUT2D eigenvalue weighted by Gasteiger charge is -2.24. The Kier molecular flexibility index (Phi) is 4.13. The number of hydrogen-bond acceptors (Lipinski definition) is 3. The summed E-state index contributed by atoms with van der Waals surface area (Å²) in [6.07, 6.45) is 8.85. The molecular weight excluding hydrogens is 214 g/mol. The third-order valence-corrected chi connectivity index (χ3v) is 3.47. The van der Waals surface area contributed by atoms with Gasteiger partial charge in [-0.25, -0.2) is 4.98 Å². The van der Waals surface area contributed by atoms with Gasteiger partial charge in [0.15, 0.2) is 6.29 Å². The summed E-state index contributed by atoms with van der Waals surface area (Å²) in [4.78, 5) is 14.7. The third-order valence-electron chi connectivity index (χ3n) is 3.47. The fourth-order valence-corrected chi connectivity index (χ4v) is 2.66. The Morgan fingerprint density at radius 1 is 1.41 bits per heavy atom. The number of carbonyl (C=O) groups excluding carboxylic acids is 1. The number of aromatic nitrogens is 1. The van der Waals surface area contributed by atoms with Gasteiger partial charge in [0.25, 0.3) is 0 Å². The normalized spacial score (nSPS) is 16.8. The average molecular weight is 233 g/mol. The maximum absolute atomic E-state index is 10.4. The van der Waals surface area contributed by atoms with Crippen LogP contribution in [0.1, 0.15) is 49.1 Å². The lowest BCUT2D eigenvalue weighted by atomic mass is 9.83. The fraction of sp³-hybridized carbons (Fsp3) is 0.571. The molecule has 1 aromatic rings. The highest BCUT2D eigenvalue weighted by Gasteiger charge is 2.21. The standard InChI is InChI=1S/C14H19NO2/c1-11-7-8-15-14(17-10-9-16)13(11)12-5-3-2-4-6-12/h7-9,12H,2-6,10H2,1H3. The summed E-state index contributed by atoms with van der Waals surface area (Å²) in [5.41, 5.74) is 2.45. The van der Waals surface area contributed by atoms with Gasteiger partial charge in [-0.05, 0) is 37.3 Å². The molecule has 0 aliphatic heterocycles. The largest absolute Gasteiger partial charge is 0.470 e. The first-order valence-electron chi connectivity index (χ1n) is 6.35. The van der Waals surface area contributed by atoms with Crippen molar-refractivity contribution in [2.45, 2.75) is 44.9 Å². The van der Waals surface area contributed by atoms with Gasteiger partial charge in [0.2, 0.25) is 5.88 Å². The molecule has 0 amide bonds. The summed E-state index contributed by atoms with van der Waals surface area (Å²) in [6, 6.07) is 2.03. The smallest absolute Gasteiger partial charge is 0.217 e. The molecule has 0 spiro atoms. The van der Waals surface area contributed by atoms with E-state index in [1.165, 1.54) is 43.2 Å². The van der Waals surface area contributed by atoms with Crippen molar-refractivity contribution in [2.24, 2.45) is 0 Å². The molecule has 3 heteroatoms. The van der Waals surface area contributed by atoms with Gasteiger partial charge < -0.3 is 4.74 Å². The molecule has 0 atom stereocenters. The van der Waals surface area contributed by atoms with E-state index in [-0.39, 0.29) is 6.61 Å². The van der Waals surface area contributed by atoms with Crippen molar-refractivity contribution in [1.82, 2.24) is 4.98 Å². The van der Waals surface area contributed by atoms with Crippen molar-refractivity contribution in [2.75, 3.05) is 6.61 Å². The Morgan fingerprint density at radius 3 is 2.88 bits per heavy atom. The lowest BCUT2D eigenvalue weighted by Crippen LogP contribution is -2.11. The van der Waals surface area contributed by atoms with Gasteiger partial charge >= 0.3 is 0 Å². The van der Waals surface area contributed by atoms with Gasteiger partial charge in [0.05, 0.1) is 0 Å². The molecule has 1 aromatic heterocycles. The molecule has 1 saturated carbocycles. The molecule has 92 valence electrons.